The minimum atomic E-state index is -0.524. The summed E-state index contributed by atoms with van der Waals surface area (Å²) in [6, 6.07) is 16.3. The standard InChI is InChI=1S/C20H12ClFN2O3/c21-16-10-12(6-8-17(16)22)18-9-7-14(27-18)11-15-19(25)23-24(20(15)26)13-4-2-1-3-5-13/h1-11H,(H,23,25)/b15-11+. The van der Waals surface area contributed by atoms with Gasteiger partial charge in [-0.2, -0.15) is 0 Å². The first-order chi connectivity index (χ1) is 13.0. The predicted molar refractivity (Wildman–Crippen MR) is 99.2 cm³/mol. The van der Waals surface area contributed by atoms with Gasteiger partial charge in [0.25, 0.3) is 11.8 Å². The molecule has 7 heteroatoms. The summed E-state index contributed by atoms with van der Waals surface area (Å²) in [4.78, 5) is 24.7. The number of hydrogen-bond donors (Lipinski definition) is 1. The topological polar surface area (TPSA) is 62.6 Å². The minimum Gasteiger partial charge on any atom is -0.457 e. The van der Waals surface area contributed by atoms with Crippen molar-refractivity contribution in [2.24, 2.45) is 0 Å². The van der Waals surface area contributed by atoms with Gasteiger partial charge in [0, 0.05) is 5.56 Å². The van der Waals surface area contributed by atoms with E-state index >= 15 is 0 Å². The Morgan fingerprint density at radius 3 is 2.56 bits per heavy atom. The molecule has 3 aromatic rings. The van der Waals surface area contributed by atoms with E-state index in [2.05, 4.69) is 5.43 Å². The number of furan rings is 1. The number of nitrogens with one attached hydrogen (secondary N) is 1. The van der Waals surface area contributed by atoms with Crippen molar-refractivity contribution >= 4 is 35.2 Å². The quantitative estimate of drug-likeness (QED) is 0.545. The van der Waals surface area contributed by atoms with Gasteiger partial charge in [-0.1, -0.05) is 29.8 Å². The molecular formula is C20H12ClFN2O3. The molecule has 4 rings (SSSR count). The number of amides is 2. The first-order valence-electron chi connectivity index (χ1n) is 8.00. The van der Waals surface area contributed by atoms with Crippen LogP contribution in [0.15, 0.2) is 70.7 Å². The number of hydrogen-bond acceptors (Lipinski definition) is 3. The summed E-state index contributed by atoms with van der Waals surface area (Å²) in [6.07, 6.45) is 1.37. The molecule has 1 aliphatic rings. The van der Waals surface area contributed by atoms with Crippen molar-refractivity contribution in [3.05, 3.63) is 82.8 Å². The summed E-state index contributed by atoms with van der Waals surface area (Å²) in [7, 11) is 0. The zero-order chi connectivity index (χ0) is 19.0. The Bertz CT molecular complexity index is 1080. The second-order valence-corrected chi connectivity index (χ2v) is 6.21. The van der Waals surface area contributed by atoms with E-state index in [0.29, 0.717) is 22.8 Å². The van der Waals surface area contributed by atoms with E-state index in [0.717, 1.165) is 0 Å². The highest BCUT2D eigenvalue weighted by Gasteiger charge is 2.34. The molecule has 134 valence electrons. The van der Waals surface area contributed by atoms with E-state index < -0.39 is 17.6 Å². The van der Waals surface area contributed by atoms with Gasteiger partial charge in [-0.3, -0.25) is 15.0 Å². The van der Waals surface area contributed by atoms with Crippen LogP contribution in [0.1, 0.15) is 5.76 Å². The van der Waals surface area contributed by atoms with Crippen LogP contribution in [0.2, 0.25) is 5.02 Å². The third-order valence-electron chi connectivity index (χ3n) is 4.02. The highest BCUT2D eigenvalue weighted by atomic mass is 35.5. The summed E-state index contributed by atoms with van der Waals surface area (Å²) >= 11 is 5.79. The highest BCUT2D eigenvalue weighted by molar-refractivity contribution is 6.31. The molecule has 0 saturated carbocycles. The monoisotopic (exact) mass is 382 g/mol. The van der Waals surface area contributed by atoms with E-state index in [1.165, 1.54) is 29.3 Å². The second kappa shape index (κ2) is 6.74. The lowest BCUT2D eigenvalue weighted by Gasteiger charge is -2.13. The lowest BCUT2D eigenvalue weighted by Crippen LogP contribution is -2.35. The van der Waals surface area contributed by atoms with Crippen LogP contribution in [0, 0.1) is 5.82 Å². The number of halogens is 2. The van der Waals surface area contributed by atoms with Gasteiger partial charge in [0.15, 0.2) is 0 Å². The van der Waals surface area contributed by atoms with Crippen LogP contribution in [-0.2, 0) is 9.59 Å². The SMILES string of the molecule is O=C1NN(c2ccccc2)C(=O)/C1=C/c1ccc(-c2ccc(F)c(Cl)c2)o1. The first-order valence-corrected chi connectivity index (χ1v) is 8.38. The van der Waals surface area contributed by atoms with E-state index in [9.17, 15) is 14.0 Å². The first kappa shape index (κ1) is 17.1. The molecule has 0 aliphatic carbocycles. The molecule has 1 N–H and O–H groups in total. The fourth-order valence-electron chi connectivity index (χ4n) is 2.69. The van der Waals surface area contributed by atoms with Crippen LogP contribution >= 0.6 is 11.6 Å². The average Bonchev–Trinajstić information content (AvgIpc) is 3.25. The van der Waals surface area contributed by atoms with Crippen molar-refractivity contribution in [1.29, 1.82) is 0 Å². The Balaban J connectivity index is 1.62. The van der Waals surface area contributed by atoms with Crippen molar-refractivity contribution in [3.8, 4) is 11.3 Å². The second-order valence-electron chi connectivity index (χ2n) is 5.81. The number of carbonyl (C=O) groups excluding carboxylic acids is 2. The maximum absolute atomic E-state index is 13.3. The lowest BCUT2D eigenvalue weighted by atomic mass is 10.2. The third kappa shape index (κ3) is 3.22. The van der Waals surface area contributed by atoms with Crippen LogP contribution in [-0.4, -0.2) is 11.8 Å². The normalized spacial score (nSPS) is 15.5. The molecule has 2 amide bonds. The molecule has 1 aromatic heterocycles. The fourth-order valence-corrected chi connectivity index (χ4v) is 2.87. The smallest absolute Gasteiger partial charge is 0.282 e. The number of benzene rings is 2. The molecule has 0 atom stereocenters. The molecule has 0 unspecified atom stereocenters. The maximum atomic E-state index is 13.3. The van der Waals surface area contributed by atoms with Gasteiger partial charge < -0.3 is 4.42 Å². The minimum absolute atomic E-state index is 0.0207. The fraction of sp³-hybridized carbons (Fsp3) is 0. The Hall–Kier alpha value is -3.38. The van der Waals surface area contributed by atoms with Gasteiger partial charge in [0.05, 0.1) is 10.7 Å². The Labute approximate surface area is 158 Å². The summed E-state index contributed by atoms with van der Waals surface area (Å²) in [5.41, 5.74) is 3.61. The van der Waals surface area contributed by atoms with Crippen molar-refractivity contribution in [1.82, 2.24) is 5.43 Å². The van der Waals surface area contributed by atoms with E-state index in [1.807, 2.05) is 6.07 Å². The molecule has 2 aromatic carbocycles. The maximum Gasteiger partial charge on any atom is 0.282 e. The predicted octanol–water partition coefficient (Wildman–Crippen LogP) is 4.20. The van der Waals surface area contributed by atoms with Crippen LogP contribution in [0.4, 0.5) is 10.1 Å². The van der Waals surface area contributed by atoms with Gasteiger partial charge in [0.1, 0.15) is 22.9 Å². The van der Waals surface area contributed by atoms with E-state index in [4.69, 9.17) is 16.0 Å². The molecule has 0 bridgehead atoms. The molecule has 2 heterocycles. The van der Waals surface area contributed by atoms with Crippen molar-refractivity contribution < 1.29 is 18.4 Å². The number of anilines is 1. The van der Waals surface area contributed by atoms with E-state index in [-0.39, 0.29) is 10.6 Å². The summed E-state index contributed by atoms with van der Waals surface area (Å²) in [5.74, 6) is -0.766. The number of nitrogens with zero attached hydrogens (tertiary/aromatic N) is 1. The largest absolute Gasteiger partial charge is 0.457 e. The highest BCUT2D eigenvalue weighted by Crippen LogP contribution is 2.28. The van der Waals surface area contributed by atoms with Crippen LogP contribution in [0.5, 0.6) is 0 Å². The third-order valence-corrected chi connectivity index (χ3v) is 4.31. The molecule has 5 nitrogen and oxygen atoms in total. The molecule has 0 spiro atoms. The molecular weight excluding hydrogens is 371 g/mol. The average molecular weight is 383 g/mol. The van der Waals surface area contributed by atoms with Crippen LogP contribution < -0.4 is 10.4 Å². The Morgan fingerprint density at radius 1 is 1.04 bits per heavy atom. The zero-order valence-electron chi connectivity index (χ0n) is 13.8. The number of para-hydroxylation sites is 1. The number of carbonyl (C=O) groups is 2. The molecule has 1 fully saturated rings. The molecule has 1 saturated heterocycles. The van der Waals surface area contributed by atoms with Crippen molar-refractivity contribution in [2.45, 2.75) is 0 Å². The molecule has 27 heavy (non-hydrogen) atoms. The summed E-state index contributed by atoms with van der Waals surface area (Å²) in [5, 5.41) is 1.16. The van der Waals surface area contributed by atoms with Crippen molar-refractivity contribution in [3.63, 3.8) is 0 Å². The molecule has 0 radical (unpaired) electrons. The van der Waals surface area contributed by atoms with Crippen LogP contribution in [0.25, 0.3) is 17.4 Å². The van der Waals surface area contributed by atoms with Crippen molar-refractivity contribution in [2.75, 3.05) is 5.01 Å². The number of rotatable bonds is 3. The lowest BCUT2D eigenvalue weighted by molar-refractivity contribution is -0.117. The Kier molecular flexibility index (Phi) is 4.25. The van der Waals surface area contributed by atoms with Gasteiger partial charge in [-0.25, -0.2) is 9.40 Å². The van der Waals surface area contributed by atoms with Gasteiger partial charge in [0.2, 0.25) is 0 Å². The zero-order valence-corrected chi connectivity index (χ0v) is 14.5. The van der Waals surface area contributed by atoms with Gasteiger partial charge >= 0.3 is 0 Å². The number of hydrazine groups is 1. The Morgan fingerprint density at radius 2 is 1.81 bits per heavy atom. The van der Waals surface area contributed by atoms with Gasteiger partial charge in [-0.15, -0.1) is 0 Å². The summed E-state index contributed by atoms with van der Waals surface area (Å²) in [6.45, 7) is 0. The molecule has 1 aliphatic heterocycles. The van der Waals surface area contributed by atoms with Gasteiger partial charge in [-0.05, 0) is 48.5 Å². The van der Waals surface area contributed by atoms with E-state index in [1.54, 1.807) is 36.4 Å². The van der Waals surface area contributed by atoms with Crippen LogP contribution in [0.3, 0.4) is 0 Å². The summed E-state index contributed by atoms with van der Waals surface area (Å²) < 4.78 is 19.0.